The molecule has 6 heteroatoms. The molecule has 0 aromatic heterocycles. The van der Waals surface area contributed by atoms with Gasteiger partial charge in [0.05, 0.1) is 4.90 Å². The molecule has 1 atom stereocenters. The quantitative estimate of drug-likeness (QED) is 0.767. The molecule has 2 rings (SSSR count). The van der Waals surface area contributed by atoms with Gasteiger partial charge in [-0.3, -0.25) is 4.79 Å². The second kappa shape index (κ2) is 8.62. The van der Waals surface area contributed by atoms with E-state index in [1.807, 2.05) is 19.1 Å². The van der Waals surface area contributed by atoms with Crippen LogP contribution in [0.5, 0.6) is 0 Å². The highest BCUT2D eigenvalue weighted by molar-refractivity contribution is 7.89. The van der Waals surface area contributed by atoms with E-state index in [1.165, 1.54) is 4.31 Å². The fourth-order valence-corrected chi connectivity index (χ4v) is 4.65. The summed E-state index contributed by atoms with van der Waals surface area (Å²) in [5.41, 5.74) is 1.10. The van der Waals surface area contributed by atoms with Crippen LogP contribution in [0.1, 0.15) is 51.5 Å². The molecule has 5 nitrogen and oxygen atoms in total. The van der Waals surface area contributed by atoms with Crippen LogP contribution < -0.4 is 5.32 Å². The first-order valence-electron chi connectivity index (χ1n) is 8.89. The zero-order valence-electron chi connectivity index (χ0n) is 14.6. The number of hydrogen-bond donors (Lipinski definition) is 1. The van der Waals surface area contributed by atoms with Crippen LogP contribution in [0.2, 0.25) is 0 Å². The van der Waals surface area contributed by atoms with Gasteiger partial charge in [-0.25, -0.2) is 8.42 Å². The van der Waals surface area contributed by atoms with Gasteiger partial charge in [-0.15, -0.1) is 0 Å². The van der Waals surface area contributed by atoms with Crippen LogP contribution in [0.3, 0.4) is 0 Å². The van der Waals surface area contributed by atoms with Crippen LogP contribution >= 0.6 is 0 Å². The van der Waals surface area contributed by atoms with E-state index in [1.54, 1.807) is 12.1 Å². The highest BCUT2D eigenvalue weighted by atomic mass is 32.2. The molecule has 0 bridgehead atoms. The minimum Gasteiger partial charge on any atom is -0.355 e. The number of benzene rings is 1. The van der Waals surface area contributed by atoms with Gasteiger partial charge in [0.15, 0.2) is 0 Å². The largest absolute Gasteiger partial charge is 0.355 e. The molecular weight excluding hydrogens is 324 g/mol. The third-order valence-electron chi connectivity index (χ3n) is 4.52. The Kier molecular flexibility index (Phi) is 6.80. The maximum absolute atomic E-state index is 13.0. The van der Waals surface area contributed by atoms with Crippen molar-refractivity contribution in [3.63, 3.8) is 0 Å². The number of rotatable bonds is 7. The van der Waals surface area contributed by atoms with E-state index < -0.39 is 16.1 Å². The first-order chi connectivity index (χ1) is 11.5. The van der Waals surface area contributed by atoms with E-state index in [9.17, 15) is 13.2 Å². The number of aryl methyl sites for hydroxylation is 1. The van der Waals surface area contributed by atoms with Gasteiger partial charge in [0, 0.05) is 13.1 Å². The molecule has 0 spiro atoms. The summed E-state index contributed by atoms with van der Waals surface area (Å²) in [6.45, 7) is 5.10. The molecule has 1 N–H and O–H groups in total. The van der Waals surface area contributed by atoms with Crippen molar-refractivity contribution in [2.24, 2.45) is 0 Å². The number of sulfonamides is 1. The topological polar surface area (TPSA) is 66.5 Å². The van der Waals surface area contributed by atoms with Crippen molar-refractivity contribution in [1.82, 2.24) is 9.62 Å². The highest BCUT2D eigenvalue weighted by Crippen LogP contribution is 2.26. The number of unbranched alkanes of at least 4 members (excludes halogenated alkanes) is 1. The lowest BCUT2D eigenvalue weighted by Crippen LogP contribution is -2.51. The summed E-state index contributed by atoms with van der Waals surface area (Å²) in [6, 6.07) is 6.38. The minimum absolute atomic E-state index is 0.170. The Labute approximate surface area is 145 Å². The zero-order chi connectivity index (χ0) is 17.6. The van der Waals surface area contributed by atoms with Gasteiger partial charge in [0.1, 0.15) is 6.04 Å². The standard InChI is InChI=1S/C18H28N2O3S/c1-3-5-13-19-18(21)17-8-6-7-14-20(17)24(22,23)16-11-9-15(4-2)10-12-16/h9-12,17H,3-8,13-14H2,1-2H3,(H,19,21)/t17-/m0/s1. The van der Waals surface area contributed by atoms with E-state index >= 15 is 0 Å². The van der Waals surface area contributed by atoms with E-state index in [4.69, 9.17) is 0 Å². The van der Waals surface area contributed by atoms with E-state index in [0.29, 0.717) is 19.5 Å². The average molecular weight is 353 g/mol. The third kappa shape index (κ3) is 4.36. The zero-order valence-corrected chi connectivity index (χ0v) is 15.4. The van der Waals surface area contributed by atoms with E-state index in [-0.39, 0.29) is 10.8 Å². The molecule has 134 valence electrons. The maximum atomic E-state index is 13.0. The summed E-state index contributed by atoms with van der Waals surface area (Å²) in [4.78, 5) is 12.7. The minimum atomic E-state index is -3.64. The van der Waals surface area contributed by atoms with Crippen molar-refractivity contribution >= 4 is 15.9 Å². The normalized spacial score (nSPS) is 19.2. The number of nitrogens with zero attached hydrogens (tertiary/aromatic N) is 1. The number of amides is 1. The Morgan fingerprint density at radius 3 is 2.54 bits per heavy atom. The molecule has 0 radical (unpaired) electrons. The molecule has 1 heterocycles. The highest BCUT2D eigenvalue weighted by Gasteiger charge is 2.37. The maximum Gasteiger partial charge on any atom is 0.243 e. The molecule has 0 saturated carbocycles. The number of nitrogens with one attached hydrogen (secondary N) is 1. The molecule has 1 aliphatic rings. The van der Waals surface area contributed by atoms with Crippen molar-refractivity contribution in [2.45, 2.75) is 63.3 Å². The van der Waals surface area contributed by atoms with Crippen LogP contribution in [0.25, 0.3) is 0 Å². The van der Waals surface area contributed by atoms with Gasteiger partial charge in [-0.1, -0.05) is 38.8 Å². The second-order valence-electron chi connectivity index (χ2n) is 6.27. The number of piperidine rings is 1. The molecule has 1 fully saturated rings. The van der Waals surface area contributed by atoms with Gasteiger partial charge in [0.2, 0.25) is 15.9 Å². The lowest BCUT2D eigenvalue weighted by Gasteiger charge is -2.33. The second-order valence-corrected chi connectivity index (χ2v) is 8.16. The Balaban J connectivity index is 2.19. The first-order valence-corrected chi connectivity index (χ1v) is 10.3. The average Bonchev–Trinajstić information content (AvgIpc) is 2.62. The van der Waals surface area contributed by atoms with E-state index in [2.05, 4.69) is 12.2 Å². The Bertz CT molecular complexity index is 641. The Morgan fingerprint density at radius 1 is 1.21 bits per heavy atom. The van der Waals surface area contributed by atoms with Gasteiger partial charge in [-0.2, -0.15) is 4.31 Å². The summed E-state index contributed by atoms with van der Waals surface area (Å²) in [7, 11) is -3.64. The lowest BCUT2D eigenvalue weighted by molar-refractivity contribution is -0.125. The molecular formula is C18H28N2O3S. The molecule has 1 aromatic carbocycles. The van der Waals surface area contributed by atoms with Crippen LogP contribution in [0.4, 0.5) is 0 Å². The number of carbonyl (C=O) groups is 1. The monoisotopic (exact) mass is 352 g/mol. The van der Waals surface area contributed by atoms with E-state index in [0.717, 1.165) is 37.7 Å². The molecule has 0 unspecified atom stereocenters. The fourth-order valence-electron chi connectivity index (χ4n) is 2.99. The lowest BCUT2D eigenvalue weighted by atomic mass is 10.0. The molecule has 24 heavy (non-hydrogen) atoms. The van der Waals surface area contributed by atoms with Gasteiger partial charge in [-0.05, 0) is 43.4 Å². The molecule has 1 aliphatic heterocycles. The molecule has 0 aliphatic carbocycles. The van der Waals surface area contributed by atoms with Gasteiger partial charge < -0.3 is 5.32 Å². The summed E-state index contributed by atoms with van der Waals surface area (Å²) in [5, 5.41) is 2.88. The molecule has 1 saturated heterocycles. The Morgan fingerprint density at radius 2 is 1.92 bits per heavy atom. The van der Waals surface area contributed by atoms with Crippen molar-refractivity contribution in [2.75, 3.05) is 13.1 Å². The van der Waals surface area contributed by atoms with Crippen molar-refractivity contribution in [3.05, 3.63) is 29.8 Å². The van der Waals surface area contributed by atoms with Crippen LogP contribution in [0.15, 0.2) is 29.2 Å². The molecule has 1 aromatic rings. The first kappa shape index (κ1) is 18.9. The van der Waals surface area contributed by atoms with Crippen molar-refractivity contribution in [3.8, 4) is 0 Å². The van der Waals surface area contributed by atoms with Crippen LogP contribution in [-0.4, -0.2) is 37.8 Å². The van der Waals surface area contributed by atoms with Crippen LogP contribution in [-0.2, 0) is 21.2 Å². The smallest absolute Gasteiger partial charge is 0.243 e. The third-order valence-corrected chi connectivity index (χ3v) is 6.45. The number of hydrogen-bond acceptors (Lipinski definition) is 3. The van der Waals surface area contributed by atoms with Gasteiger partial charge in [0.25, 0.3) is 0 Å². The van der Waals surface area contributed by atoms with Crippen LogP contribution in [0, 0.1) is 0 Å². The summed E-state index contributed by atoms with van der Waals surface area (Å²) in [5.74, 6) is -0.170. The summed E-state index contributed by atoms with van der Waals surface area (Å²) in [6.07, 6.45) is 5.04. The fraction of sp³-hybridized carbons (Fsp3) is 0.611. The molecule has 1 amide bonds. The predicted octanol–water partition coefficient (Wildman–Crippen LogP) is 2.71. The Hall–Kier alpha value is -1.40. The van der Waals surface area contributed by atoms with Crippen molar-refractivity contribution in [1.29, 1.82) is 0 Å². The predicted molar refractivity (Wildman–Crippen MR) is 95.3 cm³/mol. The summed E-state index contributed by atoms with van der Waals surface area (Å²) >= 11 is 0. The summed E-state index contributed by atoms with van der Waals surface area (Å²) < 4.78 is 27.3. The van der Waals surface area contributed by atoms with Gasteiger partial charge >= 0.3 is 0 Å². The number of carbonyl (C=O) groups excluding carboxylic acids is 1. The SMILES string of the molecule is CCCCNC(=O)[C@@H]1CCCCN1S(=O)(=O)c1ccc(CC)cc1. The van der Waals surface area contributed by atoms with Crippen molar-refractivity contribution < 1.29 is 13.2 Å².